The Labute approximate surface area is 254 Å². The van der Waals surface area contributed by atoms with E-state index in [1.807, 2.05) is 24.3 Å². The van der Waals surface area contributed by atoms with E-state index in [1.165, 1.54) is 6.26 Å². The van der Waals surface area contributed by atoms with E-state index in [0.717, 1.165) is 11.1 Å². The third-order valence-corrected chi connectivity index (χ3v) is 7.38. The molecule has 44 heavy (non-hydrogen) atoms. The van der Waals surface area contributed by atoms with Crippen LogP contribution in [0.1, 0.15) is 48.3 Å². The number of hydrogen-bond acceptors (Lipinski definition) is 8. The third-order valence-electron chi connectivity index (χ3n) is 7.38. The highest BCUT2D eigenvalue weighted by atomic mass is 16.7. The highest BCUT2D eigenvalue weighted by Crippen LogP contribution is 2.31. The van der Waals surface area contributed by atoms with Gasteiger partial charge in [-0.25, -0.2) is 0 Å². The molecule has 2 amide bonds. The van der Waals surface area contributed by atoms with Gasteiger partial charge in [-0.15, -0.1) is 0 Å². The topological polar surface area (TPSA) is 153 Å². The van der Waals surface area contributed by atoms with Crippen LogP contribution in [-0.4, -0.2) is 29.8 Å². The number of benzene rings is 3. The van der Waals surface area contributed by atoms with Crippen molar-refractivity contribution < 1.29 is 28.6 Å². The van der Waals surface area contributed by atoms with Gasteiger partial charge in [-0.2, -0.15) is 0 Å². The van der Waals surface area contributed by atoms with Gasteiger partial charge >= 0.3 is 0 Å². The van der Waals surface area contributed by atoms with Gasteiger partial charge in [0, 0.05) is 30.9 Å². The van der Waals surface area contributed by atoms with E-state index in [-0.39, 0.29) is 36.7 Å². The molecule has 0 spiro atoms. The molecule has 3 aromatic carbocycles. The summed E-state index contributed by atoms with van der Waals surface area (Å²) in [5.41, 5.74) is 9.31. The van der Waals surface area contributed by atoms with Crippen molar-refractivity contribution in [2.45, 2.75) is 51.1 Å². The summed E-state index contributed by atoms with van der Waals surface area (Å²) in [5.74, 6) is -1.04. The van der Waals surface area contributed by atoms with E-state index < -0.39 is 18.1 Å². The number of amides is 2. The fourth-order valence-corrected chi connectivity index (χ4v) is 4.94. The molecule has 0 bridgehead atoms. The molecule has 10 nitrogen and oxygen atoms in total. The van der Waals surface area contributed by atoms with Crippen molar-refractivity contribution in [2.24, 2.45) is 0 Å². The quantitative estimate of drug-likeness (QED) is 0.135. The molecule has 0 saturated heterocycles. The van der Waals surface area contributed by atoms with Gasteiger partial charge in [-0.05, 0) is 54.3 Å². The summed E-state index contributed by atoms with van der Waals surface area (Å²) < 4.78 is 17.7. The van der Waals surface area contributed by atoms with Crippen molar-refractivity contribution in [3.05, 3.63) is 118 Å². The summed E-state index contributed by atoms with van der Waals surface area (Å²) in [4.78, 5) is 38.8. The largest absolute Gasteiger partial charge is 0.464 e. The first-order valence-electron chi connectivity index (χ1n) is 14.5. The summed E-state index contributed by atoms with van der Waals surface area (Å²) in [5, 5.41) is 15.4. The van der Waals surface area contributed by atoms with Crippen LogP contribution in [0.25, 0.3) is 11.0 Å². The lowest BCUT2D eigenvalue weighted by atomic mass is 9.93. The molecule has 2 heterocycles. The molecule has 4 aromatic rings. The number of carbonyl (C=O) groups is 2. The van der Waals surface area contributed by atoms with Crippen LogP contribution in [0.4, 0.5) is 11.4 Å². The average molecular weight is 598 g/mol. The summed E-state index contributed by atoms with van der Waals surface area (Å²) in [6.07, 6.45) is 3.96. The Kier molecular flexibility index (Phi) is 10.1. The van der Waals surface area contributed by atoms with Crippen molar-refractivity contribution in [1.29, 1.82) is 0 Å². The SMILES string of the molecule is Nc1ccccc1NC(=O)CCCCNC(=O)C1=C[C@H](c2coc3ccccc3c2=O)C[C@H](OCc2ccc(CO)cc2)O1. The predicted octanol–water partition coefficient (Wildman–Crippen LogP) is 4.72. The predicted molar refractivity (Wildman–Crippen MR) is 166 cm³/mol. The normalized spacial score (nSPS) is 16.2. The van der Waals surface area contributed by atoms with Gasteiger partial charge in [0.05, 0.1) is 36.2 Å². The van der Waals surface area contributed by atoms with Crippen molar-refractivity contribution in [1.82, 2.24) is 5.32 Å². The van der Waals surface area contributed by atoms with Crippen LogP contribution < -0.4 is 21.8 Å². The number of hydrogen-bond donors (Lipinski definition) is 4. The Balaban J connectivity index is 1.22. The Hall–Kier alpha value is -4.93. The van der Waals surface area contributed by atoms with Gasteiger partial charge < -0.3 is 35.4 Å². The molecule has 0 radical (unpaired) electrons. The minimum absolute atomic E-state index is 0.0479. The maximum atomic E-state index is 13.4. The molecule has 1 aliphatic rings. The first-order chi connectivity index (χ1) is 21.4. The lowest BCUT2D eigenvalue weighted by molar-refractivity contribution is -0.150. The van der Waals surface area contributed by atoms with Gasteiger partial charge in [-0.1, -0.05) is 48.5 Å². The summed E-state index contributed by atoms with van der Waals surface area (Å²) in [6, 6.07) is 21.4. The lowest BCUT2D eigenvalue weighted by Gasteiger charge is -2.29. The number of unbranched alkanes of at least 4 members (excludes halogenated alkanes) is 1. The number of aliphatic hydroxyl groups is 1. The number of allylic oxidation sites excluding steroid dienone is 1. The van der Waals surface area contributed by atoms with Gasteiger partial charge in [0.1, 0.15) is 5.58 Å². The van der Waals surface area contributed by atoms with Gasteiger partial charge in [0.2, 0.25) is 12.2 Å². The Morgan fingerprint density at radius 3 is 2.52 bits per heavy atom. The molecule has 5 N–H and O–H groups in total. The van der Waals surface area contributed by atoms with Gasteiger partial charge in [0.15, 0.2) is 11.2 Å². The summed E-state index contributed by atoms with van der Waals surface area (Å²) in [6.45, 7) is 0.481. The van der Waals surface area contributed by atoms with Crippen LogP contribution in [0.2, 0.25) is 0 Å². The van der Waals surface area contributed by atoms with E-state index in [9.17, 15) is 19.5 Å². The average Bonchev–Trinajstić information content (AvgIpc) is 3.05. The van der Waals surface area contributed by atoms with E-state index in [2.05, 4.69) is 10.6 Å². The molecule has 0 unspecified atom stereocenters. The minimum atomic E-state index is -0.803. The molecule has 0 aliphatic carbocycles. The van der Waals surface area contributed by atoms with Crippen LogP contribution in [0.15, 0.2) is 100 Å². The first kappa shape index (κ1) is 30.5. The number of para-hydroxylation sites is 3. The van der Waals surface area contributed by atoms with Crippen molar-refractivity contribution >= 4 is 34.2 Å². The number of carbonyl (C=O) groups excluding carboxylic acids is 2. The van der Waals surface area contributed by atoms with E-state index in [1.54, 1.807) is 54.6 Å². The molecule has 10 heteroatoms. The number of aliphatic hydroxyl groups excluding tert-OH is 1. The number of fused-ring (bicyclic) bond motifs is 1. The van der Waals surface area contributed by atoms with Gasteiger partial charge in [-0.3, -0.25) is 14.4 Å². The molecule has 2 atom stereocenters. The third kappa shape index (κ3) is 7.71. The highest BCUT2D eigenvalue weighted by molar-refractivity contribution is 5.94. The standard InChI is InChI=1S/C34H35N3O7/c35-27-8-2-3-9-28(27)37-31(39)11-5-6-16-36-34(41)30-17-24(26-21-42-29-10-4-1-7-25(29)33(26)40)18-32(44-30)43-20-23-14-12-22(19-38)13-15-23/h1-4,7-10,12-15,17,21,24,32,38H,5-6,11,16,18-20,35H2,(H,36,41)(H,37,39)/t24-,32+/m0/s1. The van der Waals surface area contributed by atoms with Crippen LogP contribution in [-0.2, 0) is 32.3 Å². The van der Waals surface area contributed by atoms with Crippen LogP contribution >= 0.6 is 0 Å². The highest BCUT2D eigenvalue weighted by Gasteiger charge is 2.30. The summed E-state index contributed by atoms with van der Waals surface area (Å²) in [7, 11) is 0. The molecular weight excluding hydrogens is 562 g/mol. The van der Waals surface area contributed by atoms with Crippen molar-refractivity contribution in [2.75, 3.05) is 17.6 Å². The molecule has 0 fully saturated rings. The lowest BCUT2D eigenvalue weighted by Crippen LogP contribution is -2.34. The second-order valence-electron chi connectivity index (χ2n) is 10.6. The summed E-state index contributed by atoms with van der Waals surface area (Å²) >= 11 is 0. The van der Waals surface area contributed by atoms with E-state index >= 15 is 0 Å². The van der Waals surface area contributed by atoms with Crippen molar-refractivity contribution in [3.63, 3.8) is 0 Å². The maximum absolute atomic E-state index is 13.4. The fraction of sp³-hybridized carbons (Fsp3) is 0.265. The number of ether oxygens (including phenoxy) is 2. The first-order valence-corrected chi connectivity index (χ1v) is 14.5. The van der Waals surface area contributed by atoms with E-state index in [0.29, 0.717) is 53.7 Å². The van der Waals surface area contributed by atoms with Crippen LogP contribution in [0.5, 0.6) is 0 Å². The zero-order valence-corrected chi connectivity index (χ0v) is 24.2. The Bertz CT molecular complexity index is 1700. The molecule has 0 saturated carbocycles. The number of nitrogens with two attached hydrogens (primary N) is 1. The van der Waals surface area contributed by atoms with Gasteiger partial charge in [0.25, 0.3) is 5.91 Å². The molecular formula is C34H35N3O7. The number of nitrogens with one attached hydrogen (secondary N) is 2. The zero-order chi connectivity index (χ0) is 30.9. The monoisotopic (exact) mass is 597 g/mol. The Morgan fingerprint density at radius 2 is 1.73 bits per heavy atom. The maximum Gasteiger partial charge on any atom is 0.286 e. The molecule has 1 aromatic heterocycles. The zero-order valence-electron chi connectivity index (χ0n) is 24.2. The van der Waals surface area contributed by atoms with Crippen LogP contribution in [0.3, 0.4) is 0 Å². The van der Waals surface area contributed by atoms with Crippen molar-refractivity contribution in [3.8, 4) is 0 Å². The molecule has 1 aliphatic heterocycles. The smallest absolute Gasteiger partial charge is 0.286 e. The number of rotatable bonds is 12. The fourth-order valence-electron chi connectivity index (χ4n) is 4.94. The number of anilines is 2. The second-order valence-corrected chi connectivity index (χ2v) is 10.6. The minimum Gasteiger partial charge on any atom is -0.464 e. The molecule has 5 rings (SSSR count). The second kappa shape index (κ2) is 14.5. The number of nitrogen functional groups attached to an aromatic ring is 1. The Morgan fingerprint density at radius 1 is 0.977 bits per heavy atom. The molecule has 228 valence electrons. The van der Waals surface area contributed by atoms with E-state index in [4.69, 9.17) is 19.6 Å². The van der Waals surface area contributed by atoms with Crippen LogP contribution in [0, 0.1) is 0 Å².